The summed E-state index contributed by atoms with van der Waals surface area (Å²) in [7, 11) is 1.91. The zero-order chi connectivity index (χ0) is 22.5. The van der Waals surface area contributed by atoms with Gasteiger partial charge in [0.2, 0.25) is 0 Å². The number of hydrogen-bond donors (Lipinski definition) is 2. The molecular formula is C26H32F2N2S. The fraction of sp³-hybridized carbons (Fsp3) is 0.385. The van der Waals surface area contributed by atoms with Crippen LogP contribution in [0.3, 0.4) is 0 Å². The molecule has 3 rings (SSSR count). The number of hydrogen-bond acceptors (Lipinski definition) is 3. The highest BCUT2D eigenvalue weighted by molar-refractivity contribution is 8.01. The largest absolute Gasteiger partial charge is 0.393 e. The van der Waals surface area contributed by atoms with E-state index in [2.05, 4.69) is 36.0 Å². The van der Waals surface area contributed by atoms with Crippen LogP contribution in [0.4, 0.5) is 8.78 Å². The molecular weight excluding hydrogens is 410 g/mol. The summed E-state index contributed by atoms with van der Waals surface area (Å²) in [5.41, 5.74) is 4.60. The number of aryl methyl sites for hydroxylation is 1. The van der Waals surface area contributed by atoms with Crippen LogP contribution < -0.4 is 10.0 Å². The van der Waals surface area contributed by atoms with Gasteiger partial charge in [-0.2, -0.15) is 0 Å². The van der Waals surface area contributed by atoms with E-state index < -0.39 is 0 Å². The van der Waals surface area contributed by atoms with Gasteiger partial charge in [0.05, 0.1) is 0 Å². The van der Waals surface area contributed by atoms with Crippen molar-refractivity contribution >= 4 is 23.6 Å². The van der Waals surface area contributed by atoms with Crippen molar-refractivity contribution in [3.63, 3.8) is 0 Å². The smallest absolute Gasteiger partial charge is 0.126 e. The molecule has 0 radical (unpaired) electrons. The molecule has 0 spiro atoms. The van der Waals surface area contributed by atoms with Crippen LogP contribution in [0.15, 0.2) is 47.5 Å². The summed E-state index contributed by atoms with van der Waals surface area (Å²) < 4.78 is 31.5. The third-order valence-electron chi connectivity index (χ3n) is 5.77. The van der Waals surface area contributed by atoms with E-state index in [4.69, 9.17) is 0 Å². The number of benzene rings is 2. The zero-order valence-electron chi connectivity index (χ0n) is 18.9. The molecule has 0 aromatic heterocycles. The Kier molecular flexibility index (Phi) is 7.95. The highest BCUT2D eigenvalue weighted by atomic mass is 32.2. The van der Waals surface area contributed by atoms with Crippen LogP contribution in [-0.4, -0.2) is 13.1 Å². The number of nitrogens with one attached hydrogen (secondary N) is 2. The maximum absolute atomic E-state index is 14.5. The summed E-state index contributed by atoms with van der Waals surface area (Å²) in [6, 6.07) is 10.5. The molecule has 0 saturated heterocycles. The Balaban J connectivity index is 1.81. The molecule has 166 valence electrons. The van der Waals surface area contributed by atoms with Crippen LogP contribution in [0.1, 0.15) is 48.9 Å². The average Bonchev–Trinajstić information content (AvgIpc) is 2.69. The van der Waals surface area contributed by atoms with Crippen molar-refractivity contribution in [2.24, 2.45) is 11.8 Å². The predicted molar refractivity (Wildman–Crippen MR) is 129 cm³/mol. The van der Waals surface area contributed by atoms with Crippen molar-refractivity contribution in [2.75, 3.05) is 7.05 Å². The van der Waals surface area contributed by atoms with Gasteiger partial charge in [-0.3, -0.25) is 4.72 Å². The highest BCUT2D eigenvalue weighted by Gasteiger charge is 2.33. The second-order valence-corrected chi connectivity index (χ2v) is 9.56. The van der Waals surface area contributed by atoms with Crippen LogP contribution >= 0.6 is 11.9 Å². The van der Waals surface area contributed by atoms with Crippen molar-refractivity contribution in [1.29, 1.82) is 0 Å². The van der Waals surface area contributed by atoms with Crippen LogP contribution in [0.25, 0.3) is 11.6 Å². The normalized spacial score (nSPS) is 19.5. The zero-order valence-corrected chi connectivity index (χ0v) is 19.7. The molecule has 2 aromatic carbocycles. The van der Waals surface area contributed by atoms with E-state index in [-0.39, 0.29) is 11.6 Å². The van der Waals surface area contributed by atoms with Gasteiger partial charge in [0.25, 0.3) is 0 Å². The Hall–Kier alpha value is -2.11. The molecule has 1 aliphatic carbocycles. The van der Waals surface area contributed by atoms with Crippen LogP contribution in [0, 0.1) is 37.3 Å². The standard InChI is InChI=1S/C26H32F2N2S/c1-16(2)26(15-29-5)31-30-22-13-20(14-22)24(12-19-6-8-21(27)9-7-19)23-10-17(3)11-25(28)18(23)4/h6-12,15-16,20,22,29-30H,13-14H2,1-5H3/b24-12+,26-15+. The number of rotatable bonds is 8. The van der Waals surface area contributed by atoms with Gasteiger partial charge in [0.15, 0.2) is 0 Å². The van der Waals surface area contributed by atoms with E-state index in [0.717, 1.165) is 35.1 Å². The van der Waals surface area contributed by atoms with Crippen molar-refractivity contribution in [3.8, 4) is 0 Å². The molecule has 1 saturated carbocycles. The van der Waals surface area contributed by atoms with E-state index >= 15 is 0 Å². The van der Waals surface area contributed by atoms with E-state index in [9.17, 15) is 8.78 Å². The molecule has 2 nitrogen and oxygen atoms in total. The van der Waals surface area contributed by atoms with Gasteiger partial charge in [-0.1, -0.05) is 38.1 Å². The predicted octanol–water partition coefficient (Wildman–Crippen LogP) is 6.86. The summed E-state index contributed by atoms with van der Waals surface area (Å²) in [6.45, 7) is 8.12. The molecule has 31 heavy (non-hydrogen) atoms. The Morgan fingerprint density at radius 2 is 1.77 bits per heavy atom. The van der Waals surface area contributed by atoms with Crippen molar-refractivity contribution in [3.05, 3.63) is 81.4 Å². The molecule has 0 aliphatic heterocycles. The maximum atomic E-state index is 14.5. The fourth-order valence-electron chi connectivity index (χ4n) is 3.84. The lowest BCUT2D eigenvalue weighted by Gasteiger charge is -2.38. The average molecular weight is 443 g/mol. The summed E-state index contributed by atoms with van der Waals surface area (Å²) in [4.78, 5) is 1.27. The van der Waals surface area contributed by atoms with Gasteiger partial charge in [-0.05, 0) is 96.5 Å². The van der Waals surface area contributed by atoms with Crippen molar-refractivity contribution in [2.45, 2.75) is 46.6 Å². The van der Waals surface area contributed by atoms with E-state index in [1.54, 1.807) is 30.1 Å². The van der Waals surface area contributed by atoms with Crippen molar-refractivity contribution < 1.29 is 8.78 Å². The minimum absolute atomic E-state index is 0.177. The molecule has 0 amide bonds. The number of allylic oxidation sites excluding steroid dienone is 2. The van der Waals surface area contributed by atoms with Gasteiger partial charge < -0.3 is 5.32 Å². The first kappa shape index (κ1) is 23.6. The highest BCUT2D eigenvalue weighted by Crippen LogP contribution is 2.42. The second kappa shape index (κ2) is 10.5. The van der Waals surface area contributed by atoms with Gasteiger partial charge >= 0.3 is 0 Å². The maximum Gasteiger partial charge on any atom is 0.126 e. The Morgan fingerprint density at radius 3 is 2.39 bits per heavy atom. The van der Waals surface area contributed by atoms with Gasteiger partial charge in [0.1, 0.15) is 11.6 Å². The Labute approximate surface area is 189 Å². The third kappa shape index (κ3) is 5.98. The lowest BCUT2D eigenvalue weighted by Crippen LogP contribution is -2.38. The lowest BCUT2D eigenvalue weighted by molar-refractivity contribution is 0.318. The molecule has 2 N–H and O–H groups in total. The molecule has 2 aromatic rings. The second-order valence-electron chi connectivity index (χ2n) is 8.65. The van der Waals surface area contributed by atoms with Gasteiger partial charge in [-0.15, -0.1) is 0 Å². The summed E-state index contributed by atoms with van der Waals surface area (Å²) in [5, 5.41) is 3.11. The first-order chi connectivity index (χ1) is 14.8. The first-order valence-corrected chi connectivity index (χ1v) is 11.6. The third-order valence-corrected chi connectivity index (χ3v) is 7.04. The quantitative estimate of drug-likeness (QED) is 0.345. The van der Waals surface area contributed by atoms with E-state index in [1.165, 1.54) is 17.0 Å². The van der Waals surface area contributed by atoms with Crippen LogP contribution in [0.5, 0.6) is 0 Å². The summed E-state index contributed by atoms with van der Waals surface area (Å²) in [5.74, 6) is 0.354. The molecule has 0 bridgehead atoms. The number of halogens is 2. The molecule has 1 aliphatic rings. The molecule has 0 heterocycles. The van der Waals surface area contributed by atoms with Crippen molar-refractivity contribution in [1.82, 2.24) is 10.0 Å². The minimum Gasteiger partial charge on any atom is -0.393 e. The molecule has 5 heteroatoms. The van der Waals surface area contributed by atoms with Gasteiger partial charge in [0, 0.05) is 24.2 Å². The lowest BCUT2D eigenvalue weighted by atomic mass is 9.72. The SMILES string of the molecule is CN/C=C(/SNC1CC(/C(=C\c2ccc(F)cc2)c2cc(C)cc(F)c2C)C1)C(C)C. The fourth-order valence-corrected chi connectivity index (χ4v) is 4.75. The minimum atomic E-state index is -0.253. The summed E-state index contributed by atoms with van der Waals surface area (Å²) in [6.07, 6.45) is 6.10. The molecule has 1 fully saturated rings. The summed E-state index contributed by atoms with van der Waals surface area (Å²) >= 11 is 1.69. The van der Waals surface area contributed by atoms with E-state index in [1.807, 2.05) is 27.1 Å². The van der Waals surface area contributed by atoms with Crippen LogP contribution in [0.2, 0.25) is 0 Å². The molecule has 0 atom stereocenters. The first-order valence-electron chi connectivity index (χ1n) is 10.8. The van der Waals surface area contributed by atoms with E-state index in [0.29, 0.717) is 23.4 Å². The van der Waals surface area contributed by atoms with Gasteiger partial charge in [-0.25, -0.2) is 8.78 Å². The Bertz CT molecular complexity index is 958. The monoisotopic (exact) mass is 442 g/mol. The topological polar surface area (TPSA) is 24.1 Å². The van der Waals surface area contributed by atoms with Crippen LogP contribution in [-0.2, 0) is 0 Å². The Morgan fingerprint density at radius 1 is 1.10 bits per heavy atom. The molecule has 0 unspecified atom stereocenters.